The smallest absolute Gasteiger partial charge is 0.189 e. The van der Waals surface area contributed by atoms with E-state index in [1.165, 1.54) is 18.6 Å². The molecule has 1 aromatic rings. The predicted molar refractivity (Wildman–Crippen MR) is 53.7 cm³/mol. The molecule has 70 valence electrons. The van der Waals surface area contributed by atoms with Crippen LogP contribution in [-0.2, 0) is 0 Å². The first-order valence-corrected chi connectivity index (χ1v) is 4.40. The SMILES string of the molecule is CN(C)C=Nc1ncc(Br)cc1F. The number of rotatable bonds is 2. The van der Waals surface area contributed by atoms with Crippen LogP contribution in [-0.4, -0.2) is 30.3 Å². The van der Waals surface area contributed by atoms with E-state index in [-0.39, 0.29) is 5.82 Å². The lowest BCUT2D eigenvalue weighted by molar-refractivity contribution is 0.618. The van der Waals surface area contributed by atoms with Gasteiger partial charge in [0.25, 0.3) is 0 Å². The molecule has 3 nitrogen and oxygen atoms in total. The Kier molecular flexibility index (Phi) is 3.36. The van der Waals surface area contributed by atoms with E-state index in [1.807, 2.05) is 0 Å². The third-order valence-corrected chi connectivity index (χ3v) is 1.63. The summed E-state index contributed by atoms with van der Waals surface area (Å²) >= 11 is 3.11. The van der Waals surface area contributed by atoms with Crippen LogP contribution in [0.3, 0.4) is 0 Å². The second-order valence-corrected chi connectivity index (χ2v) is 3.58. The molecule has 1 heterocycles. The third-order valence-electron chi connectivity index (χ3n) is 1.20. The molecule has 5 heteroatoms. The maximum absolute atomic E-state index is 13.1. The van der Waals surface area contributed by atoms with Crippen LogP contribution in [0.25, 0.3) is 0 Å². The minimum atomic E-state index is -0.438. The van der Waals surface area contributed by atoms with Gasteiger partial charge in [0.1, 0.15) is 0 Å². The van der Waals surface area contributed by atoms with Crippen molar-refractivity contribution in [1.29, 1.82) is 0 Å². The van der Waals surface area contributed by atoms with Crippen LogP contribution in [0.2, 0.25) is 0 Å². The summed E-state index contributed by atoms with van der Waals surface area (Å²) in [6.45, 7) is 0. The van der Waals surface area contributed by atoms with E-state index in [4.69, 9.17) is 0 Å². The second kappa shape index (κ2) is 4.32. The Labute approximate surface area is 84.4 Å². The molecule has 0 aliphatic carbocycles. The molecule has 0 unspecified atom stereocenters. The summed E-state index contributed by atoms with van der Waals surface area (Å²) in [6, 6.07) is 1.33. The predicted octanol–water partition coefficient (Wildman–Crippen LogP) is 2.20. The summed E-state index contributed by atoms with van der Waals surface area (Å²) in [5.41, 5.74) is 0. The molecule has 0 bridgehead atoms. The highest BCUT2D eigenvalue weighted by Gasteiger charge is 2.01. The van der Waals surface area contributed by atoms with Crippen LogP contribution in [0.1, 0.15) is 0 Å². The van der Waals surface area contributed by atoms with Crippen molar-refractivity contribution in [3.8, 4) is 0 Å². The molecule has 0 fully saturated rings. The Morgan fingerprint density at radius 2 is 2.31 bits per heavy atom. The molecule has 0 aromatic carbocycles. The molecule has 0 saturated heterocycles. The Hall–Kier alpha value is -0.970. The Morgan fingerprint density at radius 3 is 2.85 bits per heavy atom. The van der Waals surface area contributed by atoms with E-state index in [0.717, 1.165) is 0 Å². The van der Waals surface area contributed by atoms with Crippen LogP contribution >= 0.6 is 15.9 Å². The zero-order valence-electron chi connectivity index (χ0n) is 7.33. The highest BCUT2D eigenvalue weighted by Crippen LogP contribution is 2.17. The summed E-state index contributed by atoms with van der Waals surface area (Å²) in [4.78, 5) is 9.36. The summed E-state index contributed by atoms with van der Waals surface area (Å²) in [5, 5.41) is 0. The topological polar surface area (TPSA) is 28.5 Å². The van der Waals surface area contributed by atoms with Gasteiger partial charge in [-0.15, -0.1) is 0 Å². The van der Waals surface area contributed by atoms with Gasteiger partial charge in [0, 0.05) is 24.8 Å². The van der Waals surface area contributed by atoms with Gasteiger partial charge in [-0.05, 0) is 22.0 Å². The number of nitrogens with zero attached hydrogens (tertiary/aromatic N) is 3. The highest BCUT2D eigenvalue weighted by atomic mass is 79.9. The fraction of sp³-hybridized carbons (Fsp3) is 0.250. The van der Waals surface area contributed by atoms with Crippen LogP contribution in [0.15, 0.2) is 21.7 Å². The Balaban J connectivity index is 2.90. The normalized spacial score (nSPS) is 10.8. The standard InChI is InChI=1S/C8H9BrFN3/c1-13(2)5-12-8-7(10)3-6(9)4-11-8/h3-5H,1-2H3. The first-order valence-electron chi connectivity index (χ1n) is 3.61. The van der Waals surface area contributed by atoms with E-state index in [0.29, 0.717) is 4.47 Å². The zero-order valence-corrected chi connectivity index (χ0v) is 8.92. The number of aliphatic imine (C=N–C) groups is 1. The molecule has 0 amide bonds. The van der Waals surface area contributed by atoms with Crippen LogP contribution in [0.5, 0.6) is 0 Å². The number of hydrogen-bond donors (Lipinski definition) is 0. The lowest BCUT2D eigenvalue weighted by atomic mass is 10.4. The summed E-state index contributed by atoms with van der Waals surface area (Å²) in [5.74, 6) is -0.343. The quantitative estimate of drug-likeness (QED) is 0.591. The van der Waals surface area contributed by atoms with Gasteiger partial charge in [0.05, 0.1) is 6.34 Å². The maximum Gasteiger partial charge on any atom is 0.189 e. The van der Waals surface area contributed by atoms with E-state index < -0.39 is 5.82 Å². The van der Waals surface area contributed by atoms with Crippen molar-refractivity contribution in [2.45, 2.75) is 0 Å². The van der Waals surface area contributed by atoms with Crippen LogP contribution in [0.4, 0.5) is 10.2 Å². The summed E-state index contributed by atoms with van der Waals surface area (Å²) in [7, 11) is 3.61. The molecule has 0 saturated carbocycles. The monoisotopic (exact) mass is 245 g/mol. The average Bonchev–Trinajstić information content (AvgIpc) is 2.02. The fourth-order valence-electron chi connectivity index (χ4n) is 0.673. The number of halogens is 2. The van der Waals surface area contributed by atoms with Gasteiger partial charge in [0.15, 0.2) is 11.6 Å². The van der Waals surface area contributed by atoms with E-state index >= 15 is 0 Å². The van der Waals surface area contributed by atoms with Crippen molar-refractivity contribution in [1.82, 2.24) is 9.88 Å². The number of aromatic nitrogens is 1. The molecule has 1 aromatic heterocycles. The van der Waals surface area contributed by atoms with Crippen LogP contribution in [0, 0.1) is 5.82 Å². The second-order valence-electron chi connectivity index (χ2n) is 2.67. The van der Waals surface area contributed by atoms with Gasteiger partial charge in [0.2, 0.25) is 0 Å². The van der Waals surface area contributed by atoms with Crippen molar-refractivity contribution >= 4 is 28.1 Å². The van der Waals surface area contributed by atoms with Gasteiger partial charge >= 0.3 is 0 Å². The minimum Gasteiger partial charge on any atom is -0.369 e. The lowest BCUT2D eigenvalue weighted by Crippen LogP contribution is -2.07. The van der Waals surface area contributed by atoms with Crippen molar-refractivity contribution < 1.29 is 4.39 Å². The van der Waals surface area contributed by atoms with Gasteiger partial charge in [-0.2, -0.15) is 0 Å². The fourth-order valence-corrected chi connectivity index (χ4v) is 0.976. The van der Waals surface area contributed by atoms with Gasteiger partial charge in [-0.25, -0.2) is 14.4 Å². The molecule has 0 aliphatic heterocycles. The lowest BCUT2D eigenvalue weighted by Gasteiger charge is -2.02. The molecular formula is C8H9BrFN3. The first kappa shape index (κ1) is 10.1. The Morgan fingerprint density at radius 1 is 1.62 bits per heavy atom. The van der Waals surface area contributed by atoms with Gasteiger partial charge in [-0.1, -0.05) is 0 Å². The van der Waals surface area contributed by atoms with Crippen molar-refractivity contribution in [3.05, 3.63) is 22.6 Å². The zero-order chi connectivity index (χ0) is 9.84. The van der Waals surface area contributed by atoms with E-state index in [2.05, 4.69) is 25.9 Å². The van der Waals surface area contributed by atoms with Crippen LogP contribution < -0.4 is 0 Å². The number of pyridine rings is 1. The maximum atomic E-state index is 13.1. The van der Waals surface area contributed by atoms with Gasteiger partial charge < -0.3 is 4.90 Å². The number of hydrogen-bond acceptors (Lipinski definition) is 2. The highest BCUT2D eigenvalue weighted by molar-refractivity contribution is 9.10. The molecule has 0 atom stereocenters. The van der Waals surface area contributed by atoms with Crippen molar-refractivity contribution in [2.75, 3.05) is 14.1 Å². The molecular weight excluding hydrogens is 237 g/mol. The largest absolute Gasteiger partial charge is 0.369 e. The molecule has 13 heavy (non-hydrogen) atoms. The molecule has 0 N–H and O–H groups in total. The van der Waals surface area contributed by atoms with E-state index in [1.54, 1.807) is 19.0 Å². The molecule has 0 aliphatic rings. The third kappa shape index (κ3) is 3.10. The van der Waals surface area contributed by atoms with Gasteiger partial charge in [-0.3, -0.25) is 0 Å². The summed E-state index contributed by atoms with van der Waals surface area (Å²) < 4.78 is 13.7. The molecule has 1 rings (SSSR count). The molecule has 0 spiro atoms. The van der Waals surface area contributed by atoms with Crippen molar-refractivity contribution in [2.24, 2.45) is 4.99 Å². The Bertz CT molecular complexity index is 325. The first-order chi connectivity index (χ1) is 6.09. The van der Waals surface area contributed by atoms with E-state index in [9.17, 15) is 4.39 Å². The average molecular weight is 246 g/mol. The van der Waals surface area contributed by atoms with Crippen molar-refractivity contribution in [3.63, 3.8) is 0 Å². The molecule has 0 radical (unpaired) electrons. The summed E-state index contributed by atoms with van der Waals surface area (Å²) in [6.07, 6.45) is 3.00. The minimum absolute atomic E-state index is 0.0944.